The molecule has 2 aromatic rings. The molecule has 0 amide bonds. The van der Waals surface area contributed by atoms with Crippen molar-refractivity contribution < 1.29 is 4.74 Å². The minimum absolute atomic E-state index is 0.0601. The second kappa shape index (κ2) is 4.02. The number of rotatable bonds is 0. The fourth-order valence-electron chi connectivity index (χ4n) is 2.14. The van der Waals surface area contributed by atoms with E-state index in [-0.39, 0.29) is 5.43 Å². The molecule has 0 bridgehead atoms. The van der Waals surface area contributed by atoms with Gasteiger partial charge in [0.05, 0.1) is 29.1 Å². The van der Waals surface area contributed by atoms with Gasteiger partial charge in [0.15, 0.2) is 5.43 Å². The van der Waals surface area contributed by atoms with Crippen LogP contribution in [0.2, 0.25) is 10.0 Å². The lowest BCUT2D eigenvalue weighted by atomic mass is 10.1. The van der Waals surface area contributed by atoms with Gasteiger partial charge in [0.2, 0.25) is 0 Å². The number of halogens is 2. The Morgan fingerprint density at radius 2 is 2.12 bits per heavy atom. The normalized spacial score (nSPS) is 14.9. The Balaban J connectivity index is 2.44. The van der Waals surface area contributed by atoms with Gasteiger partial charge in [0, 0.05) is 22.7 Å². The lowest BCUT2D eigenvalue weighted by Crippen LogP contribution is -2.21. The highest BCUT2D eigenvalue weighted by Gasteiger charge is 2.17. The summed E-state index contributed by atoms with van der Waals surface area (Å²) in [6.45, 7) is 0.975. The van der Waals surface area contributed by atoms with Crippen molar-refractivity contribution in [3.8, 4) is 0 Å². The van der Waals surface area contributed by atoms with Gasteiger partial charge in [-0.2, -0.15) is 0 Å². The largest absolute Gasteiger partial charge is 0.376 e. The number of hydrogen-bond acceptors (Lipinski definition) is 2. The highest BCUT2D eigenvalue weighted by Crippen LogP contribution is 2.26. The van der Waals surface area contributed by atoms with Crippen LogP contribution in [0.25, 0.3) is 10.9 Å². The van der Waals surface area contributed by atoms with Crippen molar-refractivity contribution in [2.45, 2.75) is 13.0 Å². The predicted molar refractivity (Wildman–Crippen MR) is 67.9 cm³/mol. The van der Waals surface area contributed by atoms with E-state index < -0.39 is 0 Å². The maximum atomic E-state index is 12.3. The van der Waals surface area contributed by atoms with Gasteiger partial charge in [0.25, 0.3) is 0 Å². The van der Waals surface area contributed by atoms with Crippen molar-refractivity contribution in [2.24, 2.45) is 0 Å². The van der Waals surface area contributed by atoms with E-state index in [1.54, 1.807) is 12.1 Å². The van der Waals surface area contributed by atoms with E-state index in [1.165, 1.54) is 0 Å². The summed E-state index contributed by atoms with van der Waals surface area (Å²) in [6, 6.07) is 3.30. The number of aromatic nitrogens is 1. The average molecular weight is 270 g/mol. The van der Waals surface area contributed by atoms with E-state index in [0.29, 0.717) is 46.1 Å². The molecule has 1 aromatic carbocycles. The second-order valence-corrected chi connectivity index (χ2v) is 4.87. The maximum absolute atomic E-state index is 12.3. The fraction of sp³-hybridized carbons (Fsp3) is 0.250. The number of pyridine rings is 1. The molecular formula is C12H9Cl2NO2. The van der Waals surface area contributed by atoms with E-state index in [0.717, 1.165) is 5.69 Å². The number of fused-ring (bicyclic) bond motifs is 2. The van der Waals surface area contributed by atoms with Crippen molar-refractivity contribution in [3.63, 3.8) is 0 Å². The summed E-state index contributed by atoms with van der Waals surface area (Å²) in [5.74, 6) is 0. The molecular weight excluding hydrogens is 261 g/mol. The molecule has 0 aliphatic carbocycles. The first-order valence-corrected chi connectivity index (χ1v) is 6.03. The van der Waals surface area contributed by atoms with Crippen LogP contribution in [0, 0.1) is 0 Å². The Morgan fingerprint density at radius 3 is 2.94 bits per heavy atom. The third-order valence-corrected chi connectivity index (χ3v) is 3.47. The highest BCUT2D eigenvalue weighted by atomic mass is 35.5. The Labute approximate surface area is 107 Å². The molecule has 1 N–H and O–H groups in total. The van der Waals surface area contributed by atoms with Gasteiger partial charge >= 0.3 is 0 Å². The van der Waals surface area contributed by atoms with E-state index in [4.69, 9.17) is 27.9 Å². The second-order valence-electron chi connectivity index (χ2n) is 4.02. The van der Waals surface area contributed by atoms with Crippen LogP contribution < -0.4 is 5.43 Å². The summed E-state index contributed by atoms with van der Waals surface area (Å²) >= 11 is 12.0. The first kappa shape index (κ1) is 11.1. The Bertz CT molecular complexity index is 664. The molecule has 1 aliphatic rings. The molecule has 0 atom stereocenters. The zero-order chi connectivity index (χ0) is 12.0. The molecule has 0 unspecified atom stereocenters. The third-order valence-electron chi connectivity index (χ3n) is 2.95. The molecule has 3 rings (SSSR count). The Kier molecular flexibility index (Phi) is 2.62. The van der Waals surface area contributed by atoms with Gasteiger partial charge in [-0.25, -0.2) is 0 Å². The molecule has 1 aliphatic heterocycles. The quantitative estimate of drug-likeness (QED) is 0.799. The van der Waals surface area contributed by atoms with Crippen LogP contribution in [0.15, 0.2) is 16.9 Å². The smallest absolute Gasteiger partial charge is 0.196 e. The van der Waals surface area contributed by atoms with Crippen LogP contribution in [0.1, 0.15) is 11.3 Å². The Hall–Kier alpha value is -1.03. The average Bonchev–Trinajstić information content (AvgIpc) is 2.28. The zero-order valence-corrected chi connectivity index (χ0v) is 10.4. The molecule has 0 saturated carbocycles. The summed E-state index contributed by atoms with van der Waals surface area (Å²) in [7, 11) is 0. The summed E-state index contributed by atoms with van der Waals surface area (Å²) < 4.78 is 5.30. The Morgan fingerprint density at radius 1 is 1.29 bits per heavy atom. The van der Waals surface area contributed by atoms with Crippen LogP contribution in [0.4, 0.5) is 0 Å². The standard InChI is InChI=1S/C12H9Cl2NO2/c13-6-3-8(14)11-10(4-6)15-9-1-2-17-5-7(9)12(11)16/h3-4H,1-2,5H2,(H,15,16). The molecule has 2 heterocycles. The predicted octanol–water partition coefficient (Wildman–Crippen LogP) is 2.91. The van der Waals surface area contributed by atoms with Crippen LogP contribution >= 0.6 is 23.2 Å². The topological polar surface area (TPSA) is 42.1 Å². The van der Waals surface area contributed by atoms with Gasteiger partial charge in [-0.15, -0.1) is 0 Å². The first-order valence-electron chi connectivity index (χ1n) is 5.27. The summed E-state index contributed by atoms with van der Waals surface area (Å²) in [5.41, 5.74) is 2.23. The summed E-state index contributed by atoms with van der Waals surface area (Å²) in [6.07, 6.45) is 0.713. The number of ether oxygens (including phenoxy) is 1. The molecule has 88 valence electrons. The SMILES string of the molecule is O=c1c2c([nH]c3cc(Cl)cc(Cl)c13)CCOC2. The lowest BCUT2D eigenvalue weighted by molar-refractivity contribution is 0.109. The maximum Gasteiger partial charge on any atom is 0.196 e. The number of benzene rings is 1. The molecule has 1 aromatic heterocycles. The van der Waals surface area contributed by atoms with Gasteiger partial charge in [-0.1, -0.05) is 23.2 Å². The first-order chi connectivity index (χ1) is 8.16. The van der Waals surface area contributed by atoms with Gasteiger partial charge < -0.3 is 9.72 Å². The van der Waals surface area contributed by atoms with Crippen LogP contribution in [-0.2, 0) is 17.8 Å². The van der Waals surface area contributed by atoms with E-state index >= 15 is 0 Å². The van der Waals surface area contributed by atoms with Crippen LogP contribution in [0.5, 0.6) is 0 Å². The van der Waals surface area contributed by atoms with E-state index in [1.807, 2.05) is 0 Å². The minimum atomic E-state index is -0.0601. The molecule has 0 saturated heterocycles. The van der Waals surface area contributed by atoms with Gasteiger partial charge in [0.1, 0.15) is 0 Å². The number of hydrogen-bond donors (Lipinski definition) is 1. The molecule has 5 heteroatoms. The molecule has 0 spiro atoms. The van der Waals surface area contributed by atoms with E-state index in [2.05, 4.69) is 4.98 Å². The minimum Gasteiger partial charge on any atom is -0.376 e. The van der Waals surface area contributed by atoms with Crippen molar-refractivity contribution in [2.75, 3.05) is 6.61 Å². The van der Waals surface area contributed by atoms with Crippen molar-refractivity contribution in [3.05, 3.63) is 43.7 Å². The monoisotopic (exact) mass is 269 g/mol. The van der Waals surface area contributed by atoms with Crippen molar-refractivity contribution >= 4 is 34.1 Å². The van der Waals surface area contributed by atoms with Crippen LogP contribution in [0.3, 0.4) is 0 Å². The van der Waals surface area contributed by atoms with Gasteiger partial charge in [-0.3, -0.25) is 4.79 Å². The zero-order valence-electron chi connectivity index (χ0n) is 8.85. The molecule has 0 radical (unpaired) electrons. The number of aromatic amines is 1. The van der Waals surface area contributed by atoms with Crippen LogP contribution in [-0.4, -0.2) is 11.6 Å². The molecule has 17 heavy (non-hydrogen) atoms. The summed E-state index contributed by atoms with van der Waals surface area (Å²) in [4.78, 5) is 15.5. The van der Waals surface area contributed by atoms with Crippen molar-refractivity contribution in [1.82, 2.24) is 4.98 Å². The summed E-state index contributed by atoms with van der Waals surface area (Å²) in [5, 5.41) is 1.38. The number of H-pyrrole nitrogens is 1. The molecule has 0 fully saturated rings. The highest BCUT2D eigenvalue weighted by molar-refractivity contribution is 6.38. The molecule has 3 nitrogen and oxygen atoms in total. The number of nitrogens with one attached hydrogen (secondary N) is 1. The lowest BCUT2D eigenvalue weighted by Gasteiger charge is -2.17. The van der Waals surface area contributed by atoms with E-state index in [9.17, 15) is 4.79 Å². The third kappa shape index (κ3) is 1.75. The van der Waals surface area contributed by atoms with Crippen molar-refractivity contribution in [1.29, 1.82) is 0 Å². The fourth-order valence-corrected chi connectivity index (χ4v) is 2.72. The van der Waals surface area contributed by atoms with Gasteiger partial charge in [-0.05, 0) is 12.1 Å².